The summed E-state index contributed by atoms with van der Waals surface area (Å²) in [6, 6.07) is 31.5. The summed E-state index contributed by atoms with van der Waals surface area (Å²) in [4.78, 5) is 17.1. The minimum atomic E-state index is -5.08. The van der Waals surface area contributed by atoms with Crippen LogP contribution in [0.25, 0.3) is 33.5 Å². The van der Waals surface area contributed by atoms with E-state index in [0.717, 1.165) is 41.2 Å². The fourth-order valence-electron chi connectivity index (χ4n) is 4.00. The number of nitrogen functional groups attached to an aromatic ring is 1. The van der Waals surface area contributed by atoms with Gasteiger partial charge in [0.05, 0.1) is 11.0 Å². The lowest BCUT2D eigenvalue weighted by atomic mass is 10.0. The number of carbonyl (C=O) groups is 1. The molecule has 0 unspecified atom stereocenters. The smallest absolute Gasteiger partial charge is 0.475 e. The Balaban J connectivity index is 0.000000448. The van der Waals surface area contributed by atoms with Crippen molar-refractivity contribution in [2.24, 2.45) is 0 Å². The van der Waals surface area contributed by atoms with Crippen LogP contribution in [0, 0.1) is 6.92 Å². The number of aliphatic carboxylic acids is 1. The molecule has 5 aromatic rings. The molecule has 5 rings (SSSR count). The van der Waals surface area contributed by atoms with Gasteiger partial charge in [0.15, 0.2) is 0 Å². The lowest BCUT2D eigenvalue weighted by molar-refractivity contribution is -0.192. The van der Waals surface area contributed by atoms with Crippen LogP contribution in [0.5, 0.6) is 0 Å². The zero-order chi connectivity index (χ0) is 28.0. The molecule has 0 radical (unpaired) electrons. The number of rotatable bonds is 6. The van der Waals surface area contributed by atoms with E-state index in [1.165, 1.54) is 27.8 Å². The molecule has 0 bridgehead atoms. The van der Waals surface area contributed by atoms with E-state index in [-0.39, 0.29) is 0 Å². The maximum Gasteiger partial charge on any atom is 0.490 e. The quantitative estimate of drug-likeness (QED) is 0.182. The zero-order valence-electron chi connectivity index (χ0n) is 21.1. The molecule has 39 heavy (non-hydrogen) atoms. The van der Waals surface area contributed by atoms with Crippen molar-refractivity contribution in [2.45, 2.75) is 26.2 Å². The number of halogens is 3. The monoisotopic (exact) mass is 532 g/mol. The fourth-order valence-corrected chi connectivity index (χ4v) is 4.00. The van der Waals surface area contributed by atoms with Crippen LogP contribution in [0.2, 0.25) is 0 Å². The van der Waals surface area contributed by atoms with Crippen LogP contribution in [-0.2, 0) is 17.9 Å². The standard InChI is InChI=1S/C28H26N4.C2HF3O2/c1-19-4-2-7-26-27(19)32-28(31-26)24-14-12-23(13-15-24)22-10-8-20(9-11-22)17-30-18-21-5-3-6-25(29)16-21;3-2(4,5)1(6)7/h2-16,30H,17-18,29H2,1H3,(H,31,32);(H,6,7). The van der Waals surface area contributed by atoms with Crippen molar-refractivity contribution in [2.75, 3.05) is 5.73 Å². The third-order valence-corrected chi connectivity index (χ3v) is 6.01. The van der Waals surface area contributed by atoms with Crippen LogP contribution in [-0.4, -0.2) is 27.2 Å². The van der Waals surface area contributed by atoms with E-state index in [2.05, 4.69) is 90.0 Å². The topological polar surface area (TPSA) is 104 Å². The molecule has 4 aromatic carbocycles. The van der Waals surface area contributed by atoms with Crippen molar-refractivity contribution in [1.82, 2.24) is 15.3 Å². The van der Waals surface area contributed by atoms with E-state index in [1.54, 1.807) is 0 Å². The number of nitrogens with one attached hydrogen (secondary N) is 2. The Morgan fingerprint density at radius 2 is 1.44 bits per heavy atom. The van der Waals surface area contributed by atoms with Crippen LogP contribution in [0.15, 0.2) is 91.0 Å². The van der Waals surface area contributed by atoms with Crippen molar-refractivity contribution in [3.05, 3.63) is 108 Å². The van der Waals surface area contributed by atoms with Gasteiger partial charge in [-0.25, -0.2) is 9.78 Å². The summed E-state index contributed by atoms with van der Waals surface area (Å²) in [5.74, 6) is -1.85. The Kier molecular flexibility index (Phi) is 8.31. The maximum absolute atomic E-state index is 10.6. The van der Waals surface area contributed by atoms with Gasteiger partial charge in [-0.05, 0) is 52.9 Å². The summed E-state index contributed by atoms with van der Waals surface area (Å²) in [5, 5.41) is 10.6. The van der Waals surface area contributed by atoms with Crippen LogP contribution in [0.4, 0.5) is 18.9 Å². The number of imidazole rings is 1. The molecule has 5 N–H and O–H groups in total. The van der Waals surface area contributed by atoms with Gasteiger partial charge >= 0.3 is 12.1 Å². The molecule has 0 saturated heterocycles. The Hall–Kier alpha value is -4.63. The number of nitrogens with two attached hydrogens (primary N) is 1. The summed E-state index contributed by atoms with van der Waals surface area (Å²) in [5.41, 5.74) is 15.9. The van der Waals surface area contributed by atoms with Gasteiger partial charge < -0.3 is 21.1 Å². The molecule has 0 aliphatic heterocycles. The maximum atomic E-state index is 10.6. The molecule has 0 saturated carbocycles. The molecular formula is C30H27F3N4O2. The minimum absolute atomic E-state index is 0.801. The Labute approximate surface area is 223 Å². The zero-order valence-corrected chi connectivity index (χ0v) is 21.1. The molecule has 9 heteroatoms. The molecule has 0 aliphatic rings. The van der Waals surface area contributed by atoms with E-state index < -0.39 is 12.1 Å². The van der Waals surface area contributed by atoms with Gasteiger partial charge in [-0.1, -0.05) is 72.8 Å². The highest BCUT2D eigenvalue weighted by Gasteiger charge is 2.38. The average Bonchev–Trinajstić information content (AvgIpc) is 3.35. The summed E-state index contributed by atoms with van der Waals surface area (Å²) >= 11 is 0. The van der Waals surface area contributed by atoms with Crippen LogP contribution in [0.1, 0.15) is 16.7 Å². The SMILES string of the molecule is Cc1cccc2[nH]c(-c3ccc(-c4ccc(CNCc5cccc(N)c5)cc4)cc3)nc12.O=C(O)C(F)(F)F. The van der Waals surface area contributed by atoms with Crippen molar-refractivity contribution in [1.29, 1.82) is 0 Å². The van der Waals surface area contributed by atoms with E-state index in [1.807, 2.05) is 18.2 Å². The summed E-state index contributed by atoms with van der Waals surface area (Å²) in [6.45, 7) is 3.71. The summed E-state index contributed by atoms with van der Waals surface area (Å²) < 4.78 is 31.7. The number of H-pyrrole nitrogens is 1. The number of fused-ring (bicyclic) bond motifs is 1. The number of alkyl halides is 3. The number of carboxylic acid groups (broad SMARTS) is 1. The number of anilines is 1. The number of hydrogen-bond donors (Lipinski definition) is 4. The summed E-state index contributed by atoms with van der Waals surface area (Å²) in [7, 11) is 0. The van der Waals surface area contributed by atoms with Crippen molar-refractivity contribution < 1.29 is 23.1 Å². The van der Waals surface area contributed by atoms with E-state index in [9.17, 15) is 13.2 Å². The molecule has 0 amide bonds. The lowest BCUT2D eigenvalue weighted by Crippen LogP contribution is -2.21. The van der Waals surface area contributed by atoms with Gasteiger partial charge in [-0.2, -0.15) is 13.2 Å². The third kappa shape index (κ3) is 7.24. The number of aromatic nitrogens is 2. The second kappa shape index (κ2) is 11.8. The van der Waals surface area contributed by atoms with Crippen LogP contribution >= 0.6 is 0 Å². The third-order valence-electron chi connectivity index (χ3n) is 6.01. The van der Waals surface area contributed by atoms with Crippen molar-refractivity contribution in [3.8, 4) is 22.5 Å². The molecule has 0 aliphatic carbocycles. The predicted molar refractivity (Wildman–Crippen MR) is 147 cm³/mol. The second-order valence-electron chi connectivity index (χ2n) is 8.98. The number of para-hydroxylation sites is 1. The van der Waals surface area contributed by atoms with Gasteiger partial charge in [0.1, 0.15) is 5.82 Å². The van der Waals surface area contributed by atoms with Crippen LogP contribution in [0.3, 0.4) is 0 Å². The lowest BCUT2D eigenvalue weighted by Gasteiger charge is -2.08. The first-order valence-corrected chi connectivity index (χ1v) is 12.1. The first kappa shape index (κ1) is 27.4. The molecule has 0 atom stereocenters. The number of benzene rings is 4. The molecule has 0 fully saturated rings. The molecule has 200 valence electrons. The molecular weight excluding hydrogens is 505 g/mol. The van der Waals surface area contributed by atoms with Gasteiger partial charge in [0.25, 0.3) is 0 Å². The van der Waals surface area contributed by atoms with Gasteiger partial charge in [0, 0.05) is 24.3 Å². The van der Waals surface area contributed by atoms with E-state index in [4.69, 9.17) is 20.6 Å². The molecule has 1 aromatic heterocycles. The highest BCUT2D eigenvalue weighted by molar-refractivity contribution is 5.82. The number of aromatic amines is 1. The van der Waals surface area contributed by atoms with Crippen molar-refractivity contribution in [3.63, 3.8) is 0 Å². The average molecular weight is 533 g/mol. The van der Waals surface area contributed by atoms with Crippen molar-refractivity contribution >= 4 is 22.7 Å². The summed E-state index contributed by atoms with van der Waals surface area (Å²) in [6.07, 6.45) is -5.08. The molecule has 6 nitrogen and oxygen atoms in total. The number of carboxylic acids is 1. The number of aryl methyl sites for hydroxylation is 1. The minimum Gasteiger partial charge on any atom is -0.475 e. The Morgan fingerprint density at radius 3 is 2.03 bits per heavy atom. The Bertz CT molecular complexity index is 1560. The van der Waals surface area contributed by atoms with E-state index >= 15 is 0 Å². The molecule has 1 heterocycles. The fraction of sp³-hybridized carbons (Fsp3) is 0.133. The Morgan fingerprint density at radius 1 is 0.872 bits per heavy atom. The van der Waals surface area contributed by atoms with Gasteiger partial charge in [0.2, 0.25) is 0 Å². The van der Waals surface area contributed by atoms with Crippen LogP contribution < -0.4 is 11.1 Å². The van der Waals surface area contributed by atoms with Gasteiger partial charge in [-0.3, -0.25) is 0 Å². The number of hydrogen-bond acceptors (Lipinski definition) is 4. The second-order valence-corrected chi connectivity index (χ2v) is 8.98. The highest BCUT2D eigenvalue weighted by Crippen LogP contribution is 2.26. The molecule has 0 spiro atoms. The highest BCUT2D eigenvalue weighted by atomic mass is 19.4. The first-order chi connectivity index (χ1) is 18.6. The number of nitrogens with zero attached hydrogens (tertiary/aromatic N) is 1. The normalized spacial score (nSPS) is 11.2. The van der Waals surface area contributed by atoms with E-state index in [0.29, 0.717) is 0 Å². The first-order valence-electron chi connectivity index (χ1n) is 12.1. The largest absolute Gasteiger partial charge is 0.490 e. The van der Waals surface area contributed by atoms with Gasteiger partial charge in [-0.15, -0.1) is 0 Å². The predicted octanol–water partition coefficient (Wildman–Crippen LogP) is 6.71.